The molecule has 1 aliphatic carbocycles. The zero-order valence-corrected chi connectivity index (χ0v) is 30.6. The zero-order chi connectivity index (χ0) is 35.5. The van der Waals surface area contributed by atoms with E-state index >= 15 is 0 Å². The molecule has 0 aromatic heterocycles. The molecular formula is C38H52BrN3O7. The summed E-state index contributed by atoms with van der Waals surface area (Å²) in [7, 11) is 1.69. The molecule has 3 amide bonds. The van der Waals surface area contributed by atoms with E-state index in [0.717, 1.165) is 32.1 Å². The van der Waals surface area contributed by atoms with Crippen LogP contribution in [-0.4, -0.2) is 104 Å². The number of esters is 1. The second-order valence-corrected chi connectivity index (χ2v) is 15.2. The Balaban J connectivity index is 1.51. The summed E-state index contributed by atoms with van der Waals surface area (Å²) in [6.07, 6.45) is 8.39. The van der Waals surface area contributed by atoms with Crippen LogP contribution in [0.25, 0.3) is 0 Å². The van der Waals surface area contributed by atoms with Gasteiger partial charge in [-0.2, -0.15) is 0 Å². The highest BCUT2D eigenvalue weighted by atomic mass is 79.9. The Morgan fingerprint density at radius 1 is 1.16 bits per heavy atom. The molecule has 4 aliphatic rings. The van der Waals surface area contributed by atoms with E-state index in [0.29, 0.717) is 31.4 Å². The normalized spacial score (nSPS) is 29.5. The predicted octanol–water partition coefficient (Wildman–Crippen LogP) is 4.95. The number of likely N-dealkylation sites (tertiary alicyclic amines) is 1. The van der Waals surface area contributed by atoms with Crippen LogP contribution in [0.1, 0.15) is 83.3 Å². The summed E-state index contributed by atoms with van der Waals surface area (Å²) < 4.78 is 13.1. The zero-order valence-electron chi connectivity index (χ0n) is 29.0. The molecule has 3 heterocycles. The second kappa shape index (κ2) is 15.9. The van der Waals surface area contributed by atoms with Crippen LogP contribution in [0.3, 0.4) is 0 Å². The largest absolute Gasteiger partial charge is 0.455 e. The number of aliphatic hydroxyl groups excluding tert-OH is 1. The van der Waals surface area contributed by atoms with Gasteiger partial charge in [-0.3, -0.25) is 19.2 Å². The quantitative estimate of drug-likeness (QED) is 0.154. The molecule has 9 atom stereocenters. The van der Waals surface area contributed by atoms with Crippen LogP contribution >= 0.6 is 15.9 Å². The van der Waals surface area contributed by atoms with Crippen molar-refractivity contribution in [2.45, 2.75) is 118 Å². The van der Waals surface area contributed by atoms with Crippen LogP contribution in [0, 0.1) is 11.8 Å². The molecule has 5 rings (SSSR count). The minimum Gasteiger partial charge on any atom is -0.455 e. The SMILES string of the molecule is C=CCCC(=O)N(C)[C@@H](C)[C@@H](OC(=O)[C@@H]1[C@H]2O[C@@]3(CC2Br)[C@H](C(=O)N(CC=C)C2CCCCC2)N([C@@H](CC)CO)C(=O)[C@@H]13)c1ccccc1. The molecule has 1 aromatic rings. The third-order valence-electron chi connectivity index (χ3n) is 11.3. The van der Waals surface area contributed by atoms with Crippen molar-refractivity contribution in [1.82, 2.24) is 14.7 Å². The van der Waals surface area contributed by atoms with Gasteiger partial charge in [-0.1, -0.05) is 84.6 Å². The first-order valence-corrected chi connectivity index (χ1v) is 18.8. The van der Waals surface area contributed by atoms with Crippen LogP contribution in [0.4, 0.5) is 0 Å². The number of allylic oxidation sites excluding steroid dienone is 1. The molecule has 3 saturated heterocycles. The molecule has 4 fully saturated rings. The molecule has 1 unspecified atom stereocenters. The Morgan fingerprint density at radius 2 is 1.86 bits per heavy atom. The van der Waals surface area contributed by atoms with Gasteiger partial charge in [0, 0.05) is 30.9 Å². The number of carbonyl (C=O) groups excluding carboxylic acids is 4. The second-order valence-electron chi connectivity index (χ2n) is 14.1. The van der Waals surface area contributed by atoms with Crippen molar-refractivity contribution < 1.29 is 33.8 Å². The fourth-order valence-electron chi connectivity index (χ4n) is 8.65. The number of halogens is 1. The smallest absolute Gasteiger partial charge is 0.313 e. The van der Waals surface area contributed by atoms with Gasteiger partial charge >= 0.3 is 5.97 Å². The number of rotatable bonds is 15. The molecule has 268 valence electrons. The van der Waals surface area contributed by atoms with Gasteiger partial charge in [0.25, 0.3) is 0 Å². The molecule has 10 nitrogen and oxygen atoms in total. The maximum absolute atomic E-state index is 14.8. The van der Waals surface area contributed by atoms with Crippen LogP contribution in [0.5, 0.6) is 0 Å². The first-order chi connectivity index (χ1) is 23.6. The Kier molecular flexibility index (Phi) is 12.1. The fourth-order valence-corrected chi connectivity index (χ4v) is 9.60. The van der Waals surface area contributed by atoms with Crippen LogP contribution in [0.15, 0.2) is 55.6 Å². The molecule has 1 saturated carbocycles. The minimum absolute atomic E-state index is 0.0132. The van der Waals surface area contributed by atoms with Gasteiger partial charge in [-0.25, -0.2) is 0 Å². The average Bonchev–Trinajstić information content (AvgIpc) is 3.72. The monoisotopic (exact) mass is 741 g/mol. The third-order valence-corrected chi connectivity index (χ3v) is 12.2. The number of hydrogen-bond donors (Lipinski definition) is 1. The van der Waals surface area contributed by atoms with Gasteiger partial charge < -0.3 is 29.3 Å². The molecule has 3 aliphatic heterocycles. The Bertz CT molecular complexity index is 1380. The number of aliphatic hydroxyl groups is 1. The number of likely N-dealkylation sites (N-methyl/N-ethyl adjacent to an activating group) is 1. The van der Waals surface area contributed by atoms with Crippen molar-refractivity contribution in [3.8, 4) is 0 Å². The van der Waals surface area contributed by atoms with Gasteiger partial charge in [0.1, 0.15) is 17.7 Å². The van der Waals surface area contributed by atoms with Crippen LogP contribution in [0.2, 0.25) is 0 Å². The van der Waals surface area contributed by atoms with E-state index in [2.05, 4.69) is 29.1 Å². The summed E-state index contributed by atoms with van der Waals surface area (Å²) in [4.78, 5) is 61.7. The van der Waals surface area contributed by atoms with E-state index in [1.54, 1.807) is 24.1 Å². The Morgan fingerprint density at radius 3 is 2.47 bits per heavy atom. The average molecular weight is 743 g/mol. The number of fused-ring (bicyclic) bond motifs is 1. The highest BCUT2D eigenvalue weighted by Gasteiger charge is 2.77. The van der Waals surface area contributed by atoms with Gasteiger partial charge in [-0.15, -0.1) is 13.2 Å². The third kappa shape index (κ3) is 6.87. The number of hydrogen-bond acceptors (Lipinski definition) is 7. The predicted molar refractivity (Wildman–Crippen MR) is 189 cm³/mol. The van der Waals surface area contributed by atoms with Gasteiger partial charge in [-0.05, 0) is 44.6 Å². The maximum atomic E-state index is 14.8. The fraction of sp³-hybridized carbons (Fsp3) is 0.632. The number of ether oxygens (including phenoxy) is 2. The number of amides is 3. The number of benzene rings is 1. The number of alkyl halides is 1. The summed E-state index contributed by atoms with van der Waals surface area (Å²) in [5, 5.41) is 10.5. The number of nitrogens with zero attached hydrogens (tertiary/aromatic N) is 3. The lowest BCUT2D eigenvalue weighted by Crippen LogP contribution is -2.60. The van der Waals surface area contributed by atoms with E-state index in [1.807, 2.05) is 49.1 Å². The first-order valence-electron chi connectivity index (χ1n) is 17.8. The Labute approximate surface area is 299 Å². The van der Waals surface area contributed by atoms with Crippen molar-refractivity contribution in [2.75, 3.05) is 20.2 Å². The van der Waals surface area contributed by atoms with E-state index in [1.165, 1.54) is 4.90 Å². The van der Waals surface area contributed by atoms with E-state index in [4.69, 9.17) is 9.47 Å². The Hall–Kier alpha value is -3.02. The molecule has 49 heavy (non-hydrogen) atoms. The molecule has 1 spiro atoms. The van der Waals surface area contributed by atoms with E-state index in [-0.39, 0.29) is 41.6 Å². The highest BCUT2D eigenvalue weighted by Crippen LogP contribution is 2.61. The maximum Gasteiger partial charge on any atom is 0.313 e. The van der Waals surface area contributed by atoms with E-state index < -0.39 is 53.7 Å². The van der Waals surface area contributed by atoms with Crippen molar-refractivity contribution in [3.63, 3.8) is 0 Å². The summed E-state index contributed by atoms with van der Waals surface area (Å²) >= 11 is 3.76. The first kappa shape index (κ1) is 37.2. The van der Waals surface area contributed by atoms with Crippen molar-refractivity contribution in [3.05, 3.63) is 61.2 Å². The lowest BCUT2D eigenvalue weighted by Gasteiger charge is -2.42. The summed E-state index contributed by atoms with van der Waals surface area (Å²) in [6.45, 7) is 11.4. The highest BCUT2D eigenvalue weighted by molar-refractivity contribution is 9.09. The van der Waals surface area contributed by atoms with Crippen molar-refractivity contribution in [2.24, 2.45) is 11.8 Å². The number of carbonyl (C=O) groups is 4. The standard InChI is InChI=1S/C38H52BrN3O7/c1-6-9-20-29(44)40(5)24(4)32(25-16-12-10-13-17-25)48-37(47)30-31-35(45)42(26(8-3)23-43)34(38(31)22-28(39)33(30)49-38)36(46)41(21-7-2)27-18-14-11-15-19-27/h6-7,10,12-13,16-17,24,26-28,30-34,43H,1-2,8-9,11,14-15,18-23H2,3-5H3/t24-,26-,28?,30-,31+,32+,33-,34-,38+/m0/s1. The van der Waals surface area contributed by atoms with Crippen molar-refractivity contribution >= 4 is 39.6 Å². The van der Waals surface area contributed by atoms with Crippen molar-refractivity contribution in [1.29, 1.82) is 0 Å². The van der Waals surface area contributed by atoms with Gasteiger partial charge in [0.2, 0.25) is 17.7 Å². The van der Waals surface area contributed by atoms with Gasteiger partial charge in [0.15, 0.2) is 0 Å². The molecular weight excluding hydrogens is 690 g/mol. The molecule has 1 aromatic carbocycles. The van der Waals surface area contributed by atoms with Crippen LogP contribution < -0.4 is 0 Å². The summed E-state index contributed by atoms with van der Waals surface area (Å²) in [5.41, 5.74) is -0.564. The molecule has 11 heteroatoms. The van der Waals surface area contributed by atoms with Gasteiger partial charge in [0.05, 0.1) is 36.6 Å². The van der Waals surface area contributed by atoms with Crippen LogP contribution in [-0.2, 0) is 28.7 Å². The summed E-state index contributed by atoms with van der Waals surface area (Å²) in [5.74, 6) is -3.27. The van der Waals surface area contributed by atoms with E-state index in [9.17, 15) is 24.3 Å². The molecule has 0 radical (unpaired) electrons. The lowest BCUT2D eigenvalue weighted by atomic mass is 9.70. The lowest BCUT2D eigenvalue weighted by molar-refractivity contribution is -0.165. The molecule has 2 bridgehead atoms. The summed E-state index contributed by atoms with van der Waals surface area (Å²) in [6, 6.07) is 7.13. The topological polar surface area (TPSA) is 117 Å². The molecule has 1 N–H and O–H groups in total. The minimum atomic E-state index is -1.28.